The number of hydrogen-bond donors (Lipinski definition) is 2. The van der Waals surface area contributed by atoms with E-state index in [-0.39, 0.29) is 42.4 Å². The lowest BCUT2D eigenvalue weighted by molar-refractivity contribution is -0.146. The number of para-hydroxylation sites is 2. The normalized spacial score (nSPS) is 11.6. The number of rotatable bonds is 7. The summed E-state index contributed by atoms with van der Waals surface area (Å²) in [5, 5.41) is 10.5. The van der Waals surface area contributed by atoms with E-state index in [1.165, 1.54) is 23.5 Å². The maximum Gasteiger partial charge on any atom is 0.449 e. The number of hydrogen-bond acceptors (Lipinski definition) is 7. The molecule has 9 nitrogen and oxygen atoms in total. The average molecular weight is 464 g/mol. The van der Waals surface area contributed by atoms with Gasteiger partial charge in [-0.3, -0.25) is 9.59 Å². The Bertz CT molecular complexity index is 1250. The summed E-state index contributed by atoms with van der Waals surface area (Å²) in [7, 11) is 0. The minimum Gasteiger partial charge on any atom is -0.350 e. The molecule has 3 heterocycles. The highest BCUT2D eigenvalue weighted by Gasteiger charge is 2.38. The summed E-state index contributed by atoms with van der Waals surface area (Å²) in [6.45, 7) is -0.125. The first-order valence-corrected chi connectivity index (χ1v) is 10.2. The molecule has 0 bridgehead atoms. The molecule has 0 aliphatic heterocycles. The molecule has 0 spiro atoms. The Kier molecular flexibility index (Phi) is 5.90. The Hall–Kier alpha value is -3.74. The van der Waals surface area contributed by atoms with Gasteiger partial charge in [0.25, 0.3) is 5.91 Å². The number of aromatic nitrogens is 4. The summed E-state index contributed by atoms with van der Waals surface area (Å²) in [6, 6.07) is 9.56. The van der Waals surface area contributed by atoms with E-state index >= 15 is 0 Å². The number of carbonyl (C=O) groups is 2. The maximum atomic E-state index is 13.4. The standard InChI is InChI=1S/C19H15F3N6O3S/c20-19(21,22)18-25-11-4-1-2-5-12(11)28(18)10-14-26-17(31-27-14)16(30)24-8-7-23-15(29)13-6-3-9-32-13/h1-6,9H,7-8,10H2,(H,23,29)(H,24,30). The Morgan fingerprint density at radius 2 is 1.78 bits per heavy atom. The van der Waals surface area contributed by atoms with E-state index in [9.17, 15) is 22.8 Å². The van der Waals surface area contributed by atoms with Gasteiger partial charge >= 0.3 is 18.0 Å². The Morgan fingerprint density at radius 3 is 2.50 bits per heavy atom. The second kappa shape index (κ2) is 8.78. The highest BCUT2D eigenvalue weighted by molar-refractivity contribution is 7.12. The Balaban J connectivity index is 1.39. The van der Waals surface area contributed by atoms with Crippen molar-refractivity contribution in [3.63, 3.8) is 0 Å². The first-order chi connectivity index (χ1) is 15.3. The number of imidazole rings is 1. The number of nitrogens with zero attached hydrogens (tertiary/aromatic N) is 4. The van der Waals surface area contributed by atoms with Crippen molar-refractivity contribution in [2.75, 3.05) is 13.1 Å². The fraction of sp³-hybridized carbons (Fsp3) is 0.211. The first kappa shape index (κ1) is 21.5. The number of alkyl halides is 3. The minimum absolute atomic E-state index is 0.0953. The van der Waals surface area contributed by atoms with Crippen LogP contribution in [0.15, 0.2) is 46.3 Å². The number of halogens is 3. The molecular formula is C19H15F3N6O3S. The molecule has 2 N–H and O–H groups in total. The summed E-state index contributed by atoms with van der Waals surface area (Å²) < 4.78 is 46.0. The van der Waals surface area contributed by atoms with E-state index in [2.05, 4.69) is 25.8 Å². The Morgan fingerprint density at radius 1 is 1.03 bits per heavy atom. The van der Waals surface area contributed by atoms with Crippen LogP contribution in [0.4, 0.5) is 13.2 Å². The van der Waals surface area contributed by atoms with Crippen LogP contribution in [0.25, 0.3) is 11.0 Å². The predicted octanol–water partition coefficient (Wildman–Crippen LogP) is 2.71. The predicted molar refractivity (Wildman–Crippen MR) is 107 cm³/mol. The van der Waals surface area contributed by atoms with Crippen molar-refractivity contribution in [1.29, 1.82) is 0 Å². The van der Waals surface area contributed by atoms with Gasteiger partial charge < -0.3 is 19.7 Å². The van der Waals surface area contributed by atoms with E-state index in [1.54, 1.807) is 29.6 Å². The monoisotopic (exact) mass is 464 g/mol. The smallest absolute Gasteiger partial charge is 0.350 e. The van der Waals surface area contributed by atoms with Gasteiger partial charge in [-0.2, -0.15) is 18.2 Å². The molecule has 4 rings (SSSR count). The zero-order chi connectivity index (χ0) is 22.7. The average Bonchev–Trinajstić information content (AvgIpc) is 3.51. The minimum atomic E-state index is -4.68. The van der Waals surface area contributed by atoms with Crippen LogP contribution in [0.3, 0.4) is 0 Å². The van der Waals surface area contributed by atoms with Gasteiger partial charge in [0, 0.05) is 13.1 Å². The van der Waals surface area contributed by atoms with Gasteiger partial charge in [0.2, 0.25) is 5.82 Å². The topological polar surface area (TPSA) is 115 Å². The van der Waals surface area contributed by atoms with Crippen molar-refractivity contribution in [3.8, 4) is 0 Å². The third kappa shape index (κ3) is 4.61. The molecule has 32 heavy (non-hydrogen) atoms. The highest BCUT2D eigenvalue weighted by Crippen LogP contribution is 2.31. The summed E-state index contributed by atoms with van der Waals surface area (Å²) >= 11 is 1.29. The lowest BCUT2D eigenvalue weighted by atomic mass is 10.3. The molecule has 2 amide bonds. The quantitative estimate of drug-likeness (QED) is 0.407. The largest absolute Gasteiger partial charge is 0.449 e. The molecule has 0 atom stereocenters. The van der Waals surface area contributed by atoms with Crippen molar-refractivity contribution >= 4 is 34.2 Å². The number of benzene rings is 1. The van der Waals surface area contributed by atoms with Crippen LogP contribution in [0.5, 0.6) is 0 Å². The molecule has 0 fully saturated rings. The van der Waals surface area contributed by atoms with Crippen LogP contribution in [0.1, 0.15) is 32.0 Å². The van der Waals surface area contributed by atoms with Crippen LogP contribution in [0, 0.1) is 0 Å². The van der Waals surface area contributed by atoms with E-state index in [1.807, 2.05) is 0 Å². The van der Waals surface area contributed by atoms with Gasteiger partial charge in [0.1, 0.15) is 0 Å². The first-order valence-electron chi connectivity index (χ1n) is 9.28. The second-order valence-electron chi connectivity index (χ2n) is 6.51. The zero-order valence-corrected chi connectivity index (χ0v) is 17.0. The number of nitrogens with one attached hydrogen (secondary N) is 2. The fourth-order valence-corrected chi connectivity index (χ4v) is 3.57. The van der Waals surface area contributed by atoms with E-state index in [0.717, 1.165) is 4.57 Å². The third-order valence-electron chi connectivity index (χ3n) is 4.31. The van der Waals surface area contributed by atoms with E-state index in [4.69, 9.17) is 4.52 Å². The highest BCUT2D eigenvalue weighted by atomic mass is 32.1. The fourth-order valence-electron chi connectivity index (χ4n) is 2.93. The van der Waals surface area contributed by atoms with Crippen LogP contribution in [-0.4, -0.2) is 44.6 Å². The van der Waals surface area contributed by atoms with Gasteiger partial charge in [0.15, 0.2) is 5.82 Å². The summed E-state index contributed by atoms with van der Waals surface area (Å²) in [5.74, 6) is -2.59. The van der Waals surface area contributed by atoms with Gasteiger partial charge in [-0.15, -0.1) is 11.3 Å². The van der Waals surface area contributed by atoms with Crippen LogP contribution < -0.4 is 10.6 Å². The van der Waals surface area contributed by atoms with Crippen LogP contribution >= 0.6 is 11.3 Å². The van der Waals surface area contributed by atoms with Crippen molar-refractivity contribution in [3.05, 3.63) is 64.2 Å². The lowest BCUT2D eigenvalue weighted by Crippen LogP contribution is -2.34. The number of carbonyl (C=O) groups excluding carboxylic acids is 2. The molecule has 0 unspecified atom stereocenters. The molecule has 0 saturated heterocycles. The van der Waals surface area contributed by atoms with Gasteiger partial charge in [-0.05, 0) is 23.6 Å². The second-order valence-corrected chi connectivity index (χ2v) is 7.46. The van der Waals surface area contributed by atoms with Crippen molar-refractivity contribution < 1.29 is 27.3 Å². The summed E-state index contributed by atoms with van der Waals surface area (Å²) in [5.41, 5.74) is 0.419. The molecule has 3 aromatic heterocycles. The summed E-state index contributed by atoms with van der Waals surface area (Å²) in [6.07, 6.45) is -4.68. The molecule has 1 aromatic carbocycles. The van der Waals surface area contributed by atoms with E-state index in [0.29, 0.717) is 4.88 Å². The van der Waals surface area contributed by atoms with Gasteiger partial charge in [-0.1, -0.05) is 23.4 Å². The lowest BCUT2D eigenvalue weighted by Gasteiger charge is -2.09. The Labute approximate surface area is 182 Å². The molecule has 166 valence electrons. The van der Waals surface area contributed by atoms with Crippen LogP contribution in [-0.2, 0) is 12.7 Å². The van der Waals surface area contributed by atoms with Crippen LogP contribution in [0.2, 0.25) is 0 Å². The summed E-state index contributed by atoms with van der Waals surface area (Å²) in [4.78, 5) is 32.0. The molecule has 0 radical (unpaired) electrons. The SMILES string of the molecule is O=C(NCCNC(=O)c1cccs1)c1nc(Cn2c(C(F)(F)F)nc3ccccc32)no1. The number of amides is 2. The van der Waals surface area contributed by atoms with Gasteiger partial charge in [-0.25, -0.2) is 4.98 Å². The maximum absolute atomic E-state index is 13.4. The molecule has 0 saturated carbocycles. The van der Waals surface area contributed by atoms with Crippen molar-refractivity contribution in [2.24, 2.45) is 0 Å². The van der Waals surface area contributed by atoms with E-state index < -0.39 is 23.8 Å². The number of thiophene rings is 1. The molecule has 13 heteroatoms. The third-order valence-corrected chi connectivity index (χ3v) is 5.18. The molecule has 4 aromatic rings. The van der Waals surface area contributed by atoms with Gasteiger partial charge in [0.05, 0.1) is 22.5 Å². The molecule has 0 aliphatic rings. The number of fused-ring (bicyclic) bond motifs is 1. The molecular weight excluding hydrogens is 449 g/mol. The zero-order valence-electron chi connectivity index (χ0n) is 16.2. The van der Waals surface area contributed by atoms with Crippen molar-refractivity contribution in [2.45, 2.75) is 12.7 Å². The van der Waals surface area contributed by atoms with Crippen molar-refractivity contribution in [1.82, 2.24) is 30.3 Å². The molecule has 0 aliphatic carbocycles.